The quantitative estimate of drug-likeness (QED) is 0.367. The molecule has 1 fully saturated rings. The van der Waals surface area contributed by atoms with E-state index in [1.165, 1.54) is 6.07 Å². The van der Waals surface area contributed by atoms with Crippen LogP contribution in [0.2, 0.25) is 0 Å². The van der Waals surface area contributed by atoms with E-state index in [-0.39, 0.29) is 4.90 Å². The highest BCUT2D eigenvalue weighted by Gasteiger charge is 2.37. The fraction of sp³-hybridized carbons (Fsp3) is 0.316. The lowest BCUT2D eigenvalue weighted by Crippen LogP contribution is -2.25. The average Bonchev–Trinajstić information content (AvgIpc) is 3.09. The third kappa shape index (κ3) is 4.27. The molecule has 140 valence electrons. The van der Waals surface area contributed by atoms with Crippen molar-refractivity contribution in [2.45, 2.75) is 36.0 Å². The van der Waals surface area contributed by atoms with Crippen LogP contribution in [0.15, 0.2) is 35.2 Å². The number of carbonyl (C=O) groups excluding carboxylic acids is 1. The Bertz CT molecular complexity index is 793. The first-order chi connectivity index (χ1) is 12.3. The van der Waals surface area contributed by atoms with Crippen LogP contribution < -0.4 is 16.8 Å². The smallest absolute Gasteiger partial charge is 0.139 e. The number of anilines is 3. The number of carbonyl (C=O) groups is 1. The zero-order chi connectivity index (χ0) is 19.3. The highest BCUT2D eigenvalue weighted by Crippen LogP contribution is 2.44. The predicted molar refractivity (Wildman–Crippen MR) is 105 cm³/mol. The van der Waals surface area contributed by atoms with Gasteiger partial charge in [-0.3, -0.25) is 0 Å². The molecular weight excluding hydrogens is 356 g/mol. The van der Waals surface area contributed by atoms with Crippen LogP contribution in [0, 0.1) is 11.6 Å². The second-order valence-corrected chi connectivity index (χ2v) is 6.84. The van der Waals surface area contributed by atoms with Crippen LogP contribution in [0.1, 0.15) is 31.2 Å². The molecule has 1 saturated carbocycles. The summed E-state index contributed by atoms with van der Waals surface area (Å²) in [6.07, 6.45) is 4.99. The molecule has 2 aromatic carbocycles. The highest BCUT2D eigenvalue weighted by molar-refractivity contribution is 7.80. The van der Waals surface area contributed by atoms with E-state index < -0.39 is 17.0 Å². The van der Waals surface area contributed by atoms with Crippen molar-refractivity contribution in [1.82, 2.24) is 0 Å². The van der Waals surface area contributed by atoms with Gasteiger partial charge in [0.25, 0.3) is 0 Å². The van der Waals surface area contributed by atoms with Gasteiger partial charge in [-0.2, -0.15) is 0 Å². The average molecular weight is 379 g/mol. The number of aldehydes is 1. The van der Waals surface area contributed by atoms with Crippen molar-refractivity contribution < 1.29 is 13.6 Å². The normalized spacial score (nSPS) is 15.1. The lowest BCUT2D eigenvalue weighted by Gasteiger charge is -2.26. The van der Waals surface area contributed by atoms with Gasteiger partial charge in [-0.1, -0.05) is 12.8 Å². The monoisotopic (exact) mass is 379 g/mol. The number of halogens is 2. The Morgan fingerprint density at radius 1 is 1.15 bits per heavy atom. The summed E-state index contributed by atoms with van der Waals surface area (Å²) in [5, 5.41) is 3.09. The Labute approximate surface area is 157 Å². The lowest BCUT2D eigenvalue weighted by molar-refractivity contribution is -0.112. The summed E-state index contributed by atoms with van der Waals surface area (Å²) in [5.41, 5.74) is 14.4. The standard InChI is InChI=1S/C13H19N3O.C6H4F2S/c1-16-12-10(6-9(14)7-11(12)15)13(8-17)4-2-3-5-13;7-4-1-2-6(9)5(8)3-4/h6-8,16H,2-5,14-15H2,1H3;1-3,9H. The molecule has 4 nitrogen and oxygen atoms in total. The zero-order valence-electron chi connectivity index (χ0n) is 14.6. The van der Waals surface area contributed by atoms with Crippen LogP contribution in [0.3, 0.4) is 0 Å². The number of rotatable bonds is 3. The van der Waals surface area contributed by atoms with Gasteiger partial charge in [0.05, 0.1) is 16.8 Å². The van der Waals surface area contributed by atoms with Crippen LogP contribution in [0.4, 0.5) is 25.8 Å². The molecule has 0 amide bonds. The van der Waals surface area contributed by atoms with Crippen molar-refractivity contribution in [1.29, 1.82) is 0 Å². The maximum absolute atomic E-state index is 12.3. The molecule has 3 rings (SSSR count). The van der Waals surface area contributed by atoms with E-state index in [4.69, 9.17) is 11.5 Å². The molecule has 1 aliphatic rings. The number of hydrogen-bond acceptors (Lipinski definition) is 5. The molecule has 0 saturated heterocycles. The molecule has 0 atom stereocenters. The van der Waals surface area contributed by atoms with Gasteiger partial charge >= 0.3 is 0 Å². The number of hydrogen-bond donors (Lipinski definition) is 4. The number of thiol groups is 1. The second-order valence-electron chi connectivity index (χ2n) is 6.36. The van der Waals surface area contributed by atoms with E-state index in [0.717, 1.165) is 55.4 Å². The van der Waals surface area contributed by atoms with Gasteiger partial charge in [-0.05, 0) is 42.7 Å². The fourth-order valence-electron chi connectivity index (χ4n) is 3.30. The summed E-state index contributed by atoms with van der Waals surface area (Å²) < 4.78 is 24.3. The van der Waals surface area contributed by atoms with Gasteiger partial charge in [0, 0.05) is 23.7 Å². The molecule has 0 unspecified atom stereocenters. The Morgan fingerprint density at radius 3 is 2.31 bits per heavy atom. The maximum atomic E-state index is 12.3. The minimum atomic E-state index is -0.627. The van der Waals surface area contributed by atoms with E-state index >= 15 is 0 Å². The van der Waals surface area contributed by atoms with Crippen LogP contribution in [-0.4, -0.2) is 13.3 Å². The minimum absolute atomic E-state index is 0.163. The molecule has 0 spiro atoms. The Morgan fingerprint density at radius 2 is 1.81 bits per heavy atom. The first-order valence-electron chi connectivity index (χ1n) is 8.30. The van der Waals surface area contributed by atoms with Crippen molar-refractivity contribution in [3.8, 4) is 0 Å². The summed E-state index contributed by atoms with van der Waals surface area (Å²) in [4.78, 5) is 11.7. The zero-order valence-corrected chi connectivity index (χ0v) is 15.5. The Hall–Kier alpha value is -2.28. The van der Waals surface area contributed by atoms with Gasteiger partial charge in [0.15, 0.2) is 0 Å². The molecule has 26 heavy (non-hydrogen) atoms. The van der Waals surface area contributed by atoms with E-state index in [1.807, 2.05) is 13.1 Å². The summed E-state index contributed by atoms with van der Waals surface area (Å²) in [5.74, 6) is -1.20. The Balaban J connectivity index is 0.000000228. The first kappa shape index (κ1) is 20.0. The molecule has 0 aliphatic heterocycles. The number of nitrogens with one attached hydrogen (secondary N) is 1. The molecule has 2 aromatic rings. The van der Waals surface area contributed by atoms with Crippen LogP contribution in [0.5, 0.6) is 0 Å². The highest BCUT2D eigenvalue weighted by atomic mass is 32.1. The molecule has 0 bridgehead atoms. The molecule has 5 N–H and O–H groups in total. The van der Waals surface area contributed by atoms with Gasteiger partial charge < -0.3 is 21.6 Å². The fourth-order valence-corrected chi connectivity index (χ4v) is 3.44. The summed E-state index contributed by atoms with van der Waals surface area (Å²) in [7, 11) is 1.82. The van der Waals surface area contributed by atoms with E-state index in [9.17, 15) is 13.6 Å². The SMILES string of the molecule is CNc1c(N)cc(N)cc1C1(C=O)CCCC1.Fc1ccc(S)c(F)c1. The van der Waals surface area contributed by atoms with Crippen molar-refractivity contribution in [2.24, 2.45) is 0 Å². The molecule has 0 heterocycles. The lowest BCUT2D eigenvalue weighted by atomic mass is 9.79. The molecule has 1 aliphatic carbocycles. The van der Waals surface area contributed by atoms with Crippen LogP contribution >= 0.6 is 12.6 Å². The summed E-state index contributed by atoms with van der Waals surface area (Å²) in [6.45, 7) is 0. The summed E-state index contributed by atoms with van der Waals surface area (Å²) in [6, 6.07) is 6.83. The first-order valence-corrected chi connectivity index (χ1v) is 8.75. The molecule has 0 aromatic heterocycles. The number of nitrogens with two attached hydrogens (primary N) is 2. The van der Waals surface area contributed by atoms with Gasteiger partial charge in [0.2, 0.25) is 0 Å². The molecular formula is C19H23F2N3OS. The van der Waals surface area contributed by atoms with Gasteiger partial charge in [0.1, 0.15) is 17.9 Å². The van der Waals surface area contributed by atoms with Crippen molar-refractivity contribution in [2.75, 3.05) is 23.8 Å². The molecule has 7 heteroatoms. The second kappa shape index (κ2) is 8.40. The minimum Gasteiger partial charge on any atom is -0.399 e. The maximum Gasteiger partial charge on any atom is 0.139 e. The van der Waals surface area contributed by atoms with Gasteiger partial charge in [-0.15, -0.1) is 12.6 Å². The third-order valence-corrected chi connectivity index (χ3v) is 4.97. The van der Waals surface area contributed by atoms with Crippen LogP contribution in [0.25, 0.3) is 0 Å². The van der Waals surface area contributed by atoms with Gasteiger partial charge in [-0.25, -0.2) is 8.78 Å². The number of benzene rings is 2. The Kier molecular flexibility index (Phi) is 6.47. The van der Waals surface area contributed by atoms with Crippen LogP contribution in [-0.2, 0) is 10.2 Å². The topological polar surface area (TPSA) is 81.1 Å². The largest absolute Gasteiger partial charge is 0.399 e. The van der Waals surface area contributed by atoms with Crippen molar-refractivity contribution >= 4 is 36.0 Å². The van der Waals surface area contributed by atoms with E-state index in [1.54, 1.807) is 6.07 Å². The predicted octanol–water partition coefficient (Wildman–Crippen LogP) is 4.16. The summed E-state index contributed by atoms with van der Waals surface area (Å²) >= 11 is 3.70. The van der Waals surface area contributed by atoms with E-state index in [2.05, 4.69) is 17.9 Å². The third-order valence-electron chi connectivity index (χ3n) is 4.61. The number of nitrogen functional groups attached to an aromatic ring is 2. The van der Waals surface area contributed by atoms with Crippen molar-refractivity contribution in [3.05, 3.63) is 47.5 Å². The van der Waals surface area contributed by atoms with Crippen molar-refractivity contribution in [3.63, 3.8) is 0 Å². The van der Waals surface area contributed by atoms with E-state index in [0.29, 0.717) is 11.4 Å². The molecule has 0 radical (unpaired) electrons.